The summed E-state index contributed by atoms with van der Waals surface area (Å²) in [5.41, 5.74) is 3.41. The van der Waals surface area contributed by atoms with Gasteiger partial charge in [-0.1, -0.05) is 48.0 Å². The Morgan fingerprint density at radius 2 is 1.68 bits per heavy atom. The third-order valence-corrected chi connectivity index (χ3v) is 3.67. The van der Waals surface area contributed by atoms with E-state index >= 15 is 0 Å². The maximum atomic E-state index is 12.1. The van der Waals surface area contributed by atoms with Crippen LogP contribution in [0.15, 0.2) is 48.5 Å². The molecule has 0 fully saturated rings. The normalized spacial score (nSPS) is 10.7. The lowest BCUT2D eigenvalue weighted by Gasteiger charge is -2.13. The first-order chi connectivity index (χ1) is 10.5. The molecule has 0 saturated heterocycles. The number of carbonyl (C=O) groups is 1. The van der Waals surface area contributed by atoms with Gasteiger partial charge in [0.1, 0.15) is 6.54 Å². The molecule has 0 unspecified atom stereocenters. The largest absolute Gasteiger partial charge is 0.352 e. The zero-order valence-electron chi connectivity index (χ0n) is 13.0. The first-order valence-electron chi connectivity index (χ1n) is 7.41. The molecule has 0 heterocycles. The minimum absolute atomic E-state index is 0.0225. The lowest BCUT2D eigenvalue weighted by Crippen LogP contribution is -3.04. The fourth-order valence-electron chi connectivity index (χ4n) is 2.33. The molecule has 0 aliphatic heterocycles. The number of benzene rings is 2. The van der Waals surface area contributed by atoms with E-state index in [1.165, 1.54) is 16.0 Å². The number of amides is 1. The highest BCUT2D eigenvalue weighted by atomic mass is 35.5. The summed E-state index contributed by atoms with van der Waals surface area (Å²) in [7, 11) is 4.24. The van der Waals surface area contributed by atoms with Crippen molar-refractivity contribution in [3.63, 3.8) is 0 Å². The molecule has 0 saturated carbocycles. The summed E-state index contributed by atoms with van der Waals surface area (Å²) in [5, 5.41) is 3.68. The van der Waals surface area contributed by atoms with Crippen LogP contribution in [-0.4, -0.2) is 20.0 Å². The molecule has 2 rings (SSSR count). The summed E-state index contributed by atoms with van der Waals surface area (Å²) >= 11 is 5.85. The van der Waals surface area contributed by atoms with Crippen molar-refractivity contribution in [2.45, 2.75) is 19.5 Å². The minimum atomic E-state index is 0.0225. The molecule has 22 heavy (non-hydrogen) atoms. The zero-order valence-corrected chi connectivity index (χ0v) is 13.8. The summed E-state index contributed by atoms with van der Waals surface area (Å²) < 4.78 is 0. The number of quaternary nitrogens is 1. The molecule has 0 aliphatic rings. The van der Waals surface area contributed by atoms with Gasteiger partial charge in [-0.25, -0.2) is 0 Å². The summed E-state index contributed by atoms with van der Waals surface area (Å²) in [6, 6.07) is 15.6. The molecule has 2 aromatic carbocycles. The molecule has 0 radical (unpaired) electrons. The number of halogens is 1. The highest BCUT2D eigenvalue weighted by Crippen LogP contribution is 2.10. The van der Waals surface area contributed by atoms with E-state index in [-0.39, 0.29) is 5.91 Å². The summed E-state index contributed by atoms with van der Waals surface area (Å²) in [6.07, 6.45) is 0.373. The van der Waals surface area contributed by atoms with Crippen molar-refractivity contribution >= 4 is 17.5 Å². The zero-order chi connectivity index (χ0) is 15.9. The van der Waals surface area contributed by atoms with Crippen LogP contribution in [-0.2, 0) is 24.3 Å². The molecule has 0 aromatic heterocycles. The molecular formula is C18H22ClN2O+. The van der Waals surface area contributed by atoms with Gasteiger partial charge in [0.15, 0.2) is 0 Å². The Balaban J connectivity index is 1.92. The van der Waals surface area contributed by atoms with Crippen molar-refractivity contribution in [2.75, 3.05) is 14.1 Å². The highest BCUT2D eigenvalue weighted by Gasteiger charge is 2.08. The van der Waals surface area contributed by atoms with E-state index < -0.39 is 0 Å². The molecule has 4 heteroatoms. The van der Waals surface area contributed by atoms with Crippen LogP contribution in [0.1, 0.15) is 16.7 Å². The smallest absolute Gasteiger partial charge is 0.224 e. The van der Waals surface area contributed by atoms with E-state index in [9.17, 15) is 4.79 Å². The van der Waals surface area contributed by atoms with Crippen LogP contribution < -0.4 is 10.2 Å². The van der Waals surface area contributed by atoms with Gasteiger partial charge in [0, 0.05) is 17.1 Å². The van der Waals surface area contributed by atoms with E-state index in [1.54, 1.807) is 12.1 Å². The van der Waals surface area contributed by atoms with Gasteiger partial charge >= 0.3 is 0 Å². The first-order valence-corrected chi connectivity index (χ1v) is 7.79. The van der Waals surface area contributed by atoms with Crippen LogP contribution in [0.25, 0.3) is 0 Å². The Morgan fingerprint density at radius 3 is 2.32 bits per heavy atom. The second-order valence-electron chi connectivity index (χ2n) is 5.73. The molecule has 0 aliphatic carbocycles. The van der Waals surface area contributed by atoms with Crippen LogP contribution in [0.4, 0.5) is 0 Å². The molecular weight excluding hydrogens is 296 g/mol. The van der Waals surface area contributed by atoms with Gasteiger partial charge in [0.05, 0.1) is 20.5 Å². The van der Waals surface area contributed by atoms with Crippen LogP contribution in [0.2, 0.25) is 5.02 Å². The SMILES string of the molecule is C[NH+](C)Cc1ccccc1CNC(=O)Cc1ccc(Cl)cc1. The van der Waals surface area contributed by atoms with E-state index in [0.717, 1.165) is 12.1 Å². The van der Waals surface area contributed by atoms with Gasteiger partial charge in [-0.05, 0) is 23.3 Å². The van der Waals surface area contributed by atoms with Crippen molar-refractivity contribution < 1.29 is 9.69 Å². The molecule has 1 amide bonds. The Labute approximate surface area is 136 Å². The standard InChI is InChI=1S/C18H21ClN2O/c1-21(2)13-16-6-4-3-5-15(16)12-20-18(22)11-14-7-9-17(19)10-8-14/h3-10H,11-13H2,1-2H3,(H,20,22)/p+1. The lowest BCUT2D eigenvalue weighted by atomic mass is 10.1. The third kappa shape index (κ3) is 5.17. The van der Waals surface area contributed by atoms with Crippen LogP contribution in [0.3, 0.4) is 0 Å². The second kappa shape index (κ2) is 7.97. The molecule has 116 valence electrons. The summed E-state index contributed by atoms with van der Waals surface area (Å²) in [6.45, 7) is 1.51. The van der Waals surface area contributed by atoms with E-state index in [0.29, 0.717) is 18.0 Å². The van der Waals surface area contributed by atoms with E-state index in [1.807, 2.05) is 24.3 Å². The van der Waals surface area contributed by atoms with Crippen molar-refractivity contribution in [1.82, 2.24) is 5.32 Å². The third-order valence-electron chi connectivity index (χ3n) is 3.42. The highest BCUT2D eigenvalue weighted by molar-refractivity contribution is 6.30. The van der Waals surface area contributed by atoms with Gasteiger partial charge in [-0.3, -0.25) is 4.79 Å². The summed E-state index contributed by atoms with van der Waals surface area (Å²) in [4.78, 5) is 13.4. The maximum absolute atomic E-state index is 12.1. The second-order valence-corrected chi connectivity index (χ2v) is 6.17. The molecule has 2 N–H and O–H groups in total. The molecule has 3 nitrogen and oxygen atoms in total. The average Bonchev–Trinajstić information content (AvgIpc) is 2.48. The molecule has 2 aromatic rings. The minimum Gasteiger partial charge on any atom is -0.352 e. The van der Waals surface area contributed by atoms with Crippen molar-refractivity contribution in [2.24, 2.45) is 0 Å². The van der Waals surface area contributed by atoms with E-state index in [2.05, 4.69) is 31.5 Å². The molecule has 0 bridgehead atoms. The van der Waals surface area contributed by atoms with Gasteiger partial charge in [-0.15, -0.1) is 0 Å². The van der Waals surface area contributed by atoms with Crippen molar-refractivity contribution in [3.05, 3.63) is 70.2 Å². The lowest BCUT2D eigenvalue weighted by molar-refractivity contribution is -0.872. The quantitative estimate of drug-likeness (QED) is 0.837. The number of hydrogen-bond donors (Lipinski definition) is 2. The molecule has 0 spiro atoms. The number of hydrogen-bond acceptors (Lipinski definition) is 1. The predicted molar refractivity (Wildman–Crippen MR) is 90.0 cm³/mol. The number of rotatable bonds is 6. The fraction of sp³-hybridized carbons (Fsp3) is 0.278. The Bertz CT molecular complexity index is 623. The van der Waals surface area contributed by atoms with Crippen LogP contribution >= 0.6 is 11.6 Å². The van der Waals surface area contributed by atoms with Gasteiger partial charge in [0.25, 0.3) is 0 Å². The summed E-state index contributed by atoms with van der Waals surface area (Å²) in [5.74, 6) is 0.0225. The number of carbonyl (C=O) groups excluding carboxylic acids is 1. The number of nitrogens with one attached hydrogen (secondary N) is 2. The van der Waals surface area contributed by atoms with Crippen molar-refractivity contribution in [3.8, 4) is 0 Å². The van der Waals surface area contributed by atoms with Gasteiger partial charge < -0.3 is 10.2 Å². The van der Waals surface area contributed by atoms with Crippen LogP contribution in [0, 0.1) is 0 Å². The topological polar surface area (TPSA) is 33.5 Å². The Kier molecular flexibility index (Phi) is 5.99. The fourth-order valence-corrected chi connectivity index (χ4v) is 2.45. The monoisotopic (exact) mass is 317 g/mol. The first kappa shape index (κ1) is 16.5. The Morgan fingerprint density at radius 1 is 1.05 bits per heavy atom. The van der Waals surface area contributed by atoms with Gasteiger partial charge in [0.2, 0.25) is 5.91 Å². The molecule has 0 atom stereocenters. The average molecular weight is 318 g/mol. The predicted octanol–water partition coefficient (Wildman–Crippen LogP) is 1.84. The Hall–Kier alpha value is -1.84. The van der Waals surface area contributed by atoms with Crippen LogP contribution in [0.5, 0.6) is 0 Å². The van der Waals surface area contributed by atoms with Gasteiger partial charge in [-0.2, -0.15) is 0 Å². The maximum Gasteiger partial charge on any atom is 0.224 e. The van der Waals surface area contributed by atoms with Crippen molar-refractivity contribution in [1.29, 1.82) is 0 Å². The van der Waals surface area contributed by atoms with E-state index in [4.69, 9.17) is 11.6 Å².